The molecule has 0 aromatic carbocycles. The van der Waals surface area contributed by atoms with Gasteiger partial charge in [-0.1, -0.05) is 122 Å². The SMILES string of the molecule is CC(C)(C)OC(=O)N[C@H]1CCCC[C@H]1N.CC(C)(C)OC(=O)N[C@H]1CCCC[C@H]1Nc1ccc(C#N)c(Cl)n1.CC(C)(C)OC(=O)N[C@H]1CCCC[C@H]1Nc1ccc(C#N)c(Cl)n1.CC(C)(C)OC(=O)N[C@H]1CCCC[C@H]1Nc1nc(Cl)ccc1C#N.N#Cc1ccc(Cl)nc1Cl.NC(=O)c1ccc(N[C@@H]2CCCC[C@@H]2N)nc1Nc1cncc(-c2ncccn2)c1.Nc1cncc(-c2ncccn2)c1. The van der Waals surface area contributed by atoms with Gasteiger partial charge in [-0.15, -0.1) is 0 Å². The topological polar surface area (TPSA) is 572 Å². The Balaban J connectivity index is 0.000000205. The quantitative estimate of drug-likeness (QED) is 0.0297. The molecule has 5 aliphatic rings. The van der Waals surface area contributed by atoms with Crippen molar-refractivity contribution in [2.45, 2.75) is 294 Å². The van der Waals surface area contributed by atoms with Gasteiger partial charge in [-0.2, -0.15) is 21.0 Å². The minimum absolute atomic E-state index is 0.0238. The fourth-order valence-electron chi connectivity index (χ4n) is 15.1. The summed E-state index contributed by atoms with van der Waals surface area (Å²) in [6.07, 6.45) is 31.8. The highest BCUT2D eigenvalue weighted by atomic mass is 35.5. The fourth-order valence-corrected chi connectivity index (χ4v) is 16.0. The molecule has 746 valence electrons. The Labute approximate surface area is 842 Å². The number of nitrogens with two attached hydrogens (primary N) is 4. The maximum atomic E-state index is 12.1. The number of aromatic nitrogens is 11. The van der Waals surface area contributed by atoms with E-state index >= 15 is 0 Å². The van der Waals surface area contributed by atoms with Crippen LogP contribution in [0.15, 0.2) is 135 Å². The van der Waals surface area contributed by atoms with Gasteiger partial charge in [0.05, 0.1) is 63.5 Å². The highest BCUT2D eigenvalue weighted by Crippen LogP contribution is 2.32. The van der Waals surface area contributed by atoms with Crippen LogP contribution >= 0.6 is 58.0 Å². The number of nitrogens with one attached hydrogen (secondary N) is 9. The van der Waals surface area contributed by atoms with Crippen LogP contribution < -0.4 is 70.8 Å². The van der Waals surface area contributed by atoms with E-state index in [9.17, 15) is 29.2 Å². The van der Waals surface area contributed by atoms with E-state index in [2.05, 4.69) is 109 Å². The number of hydrogen-bond acceptors (Lipinski definition) is 32. The van der Waals surface area contributed by atoms with Gasteiger partial charge in [0.15, 0.2) is 11.6 Å². The molecule has 9 aromatic rings. The molecule has 14 rings (SSSR count). The zero-order valence-corrected chi connectivity index (χ0v) is 84.5. The minimum atomic E-state index is -0.568. The number of nitriles is 4. The van der Waals surface area contributed by atoms with E-state index in [0.717, 1.165) is 140 Å². The zero-order chi connectivity index (χ0) is 102. The monoisotopic (exact) mass is 2010 g/mol. The van der Waals surface area contributed by atoms with Crippen LogP contribution in [0.1, 0.15) is 244 Å². The Bertz CT molecular complexity index is 5620. The first-order chi connectivity index (χ1) is 66.4. The number of alkyl carbamates (subject to hydrolysis) is 4. The molecule has 0 unspecified atom stereocenters. The molecule has 0 spiro atoms. The van der Waals surface area contributed by atoms with Gasteiger partial charge in [0, 0.05) is 96.8 Å². The first-order valence-electron chi connectivity index (χ1n) is 46.2. The predicted octanol–water partition coefficient (Wildman–Crippen LogP) is 19.2. The van der Waals surface area contributed by atoms with Crippen molar-refractivity contribution in [3.63, 3.8) is 0 Å². The third kappa shape index (κ3) is 40.0. The fraction of sp³-hybridized carbons (Fsp3) is 0.469. The lowest BCUT2D eigenvalue weighted by atomic mass is 9.90. The van der Waals surface area contributed by atoms with Crippen LogP contribution in [-0.4, -0.2) is 168 Å². The summed E-state index contributed by atoms with van der Waals surface area (Å²) in [5.74, 6) is 3.27. The maximum absolute atomic E-state index is 12.1. The van der Waals surface area contributed by atoms with Crippen LogP contribution in [0.25, 0.3) is 22.8 Å². The molecule has 0 radical (unpaired) electrons. The number of hydrogen-bond donors (Lipinski definition) is 13. The van der Waals surface area contributed by atoms with Crippen molar-refractivity contribution in [1.82, 2.24) is 76.1 Å². The summed E-state index contributed by atoms with van der Waals surface area (Å²) in [5, 5.41) is 64.7. The third-order valence-electron chi connectivity index (χ3n) is 21.5. The second kappa shape index (κ2) is 55.0. The van der Waals surface area contributed by atoms with Crippen LogP contribution in [-0.2, 0) is 18.9 Å². The lowest BCUT2D eigenvalue weighted by Crippen LogP contribution is -2.50. The number of halogens is 5. The van der Waals surface area contributed by atoms with E-state index in [-0.39, 0.29) is 87.5 Å². The average Bonchev–Trinajstić information content (AvgIpc) is 0.820. The molecule has 5 saturated carbocycles. The Kier molecular flexibility index (Phi) is 44.1. The Morgan fingerprint density at radius 1 is 0.371 bits per heavy atom. The highest BCUT2D eigenvalue weighted by molar-refractivity contribution is 6.33. The van der Waals surface area contributed by atoms with E-state index in [1.807, 2.05) is 107 Å². The lowest BCUT2D eigenvalue weighted by Gasteiger charge is -2.33. The standard InChI is InChI=1S/C21H24N8O.3C17H23ClN4O2.C11H22N2O2.C9H8N4.C6H2Cl2N2/c22-16-4-1-2-5-17(16)28-18-7-6-15(19(23)30)21(29-18)27-14-10-13(11-24-12-14)20-25-8-3-9-26-20;2*1-17(2,3)24-16(23)21-13-7-5-4-6-12(13)20-14-9-8-11(10-19)15(18)22-14;1-17(2,3)24-16(23)21-13-7-5-4-6-12(13)20-15-11(10-19)8-9-14(18)22-15;1-11(2,3)15-10(14)13-9-7-5-4-6-8(9)12;10-8-4-7(5-11-6-8)9-12-2-1-3-13-9;7-5-2-1-4(3-9)6(8)10-5/h3,6-12,16-17H,1-2,4-5,22H2,(H2,23,30)(H2,27,28,29);3*8-9,12-13H,4-7H2,1-3H3,(H,20,22)(H,21,23);8-9H,4-7,12H2,1-3H3,(H,13,14);1-6H,10H2;1-2H/t16-,17+;3*12-,13+;8-,9+;;/m01111../s1. The molecule has 10 atom stereocenters. The van der Waals surface area contributed by atoms with Crippen LogP contribution in [0.4, 0.5) is 59.6 Å². The zero-order valence-electron chi connectivity index (χ0n) is 80.7. The molecule has 17 N–H and O–H groups in total. The van der Waals surface area contributed by atoms with Crippen molar-refractivity contribution in [3.05, 3.63) is 188 Å². The Morgan fingerprint density at radius 3 is 1.09 bits per heavy atom. The molecule has 0 bridgehead atoms. The number of amides is 5. The van der Waals surface area contributed by atoms with Crippen molar-refractivity contribution in [3.8, 4) is 47.1 Å². The first-order valence-corrected chi connectivity index (χ1v) is 48.1. The van der Waals surface area contributed by atoms with Crippen LogP contribution in [0.2, 0.25) is 25.8 Å². The number of rotatable bonds is 17. The van der Waals surface area contributed by atoms with Gasteiger partial charge in [-0.05, 0) is 232 Å². The van der Waals surface area contributed by atoms with E-state index < -0.39 is 46.6 Å². The molecule has 5 fully saturated rings. The Hall–Kier alpha value is -13.1. The van der Waals surface area contributed by atoms with Crippen LogP contribution in [0.5, 0.6) is 0 Å². The summed E-state index contributed by atoms with van der Waals surface area (Å²) < 4.78 is 21.2. The number of nitrogens with zero attached hydrogens (tertiary/aromatic N) is 15. The second-order valence-electron chi connectivity index (χ2n) is 37.5. The number of carbonyl (C=O) groups excluding carboxylic acids is 5. The number of carbonyl (C=O) groups is 5. The second-order valence-corrected chi connectivity index (χ2v) is 39.3. The molecule has 37 nitrogen and oxygen atoms in total. The highest BCUT2D eigenvalue weighted by Gasteiger charge is 2.34. The molecule has 9 aromatic heterocycles. The normalized spacial score (nSPS) is 19.1. The molecule has 140 heavy (non-hydrogen) atoms. The van der Waals surface area contributed by atoms with Gasteiger partial charge in [0.25, 0.3) is 5.91 Å². The third-order valence-corrected chi connectivity index (χ3v) is 22.8. The summed E-state index contributed by atoms with van der Waals surface area (Å²) in [6.45, 7) is 22.1. The largest absolute Gasteiger partial charge is 0.444 e. The van der Waals surface area contributed by atoms with Crippen molar-refractivity contribution < 1.29 is 42.9 Å². The molecule has 5 aliphatic carbocycles. The van der Waals surface area contributed by atoms with Gasteiger partial charge >= 0.3 is 24.4 Å². The molecule has 0 aliphatic heterocycles. The van der Waals surface area contributed by atoms with Crippen LogP contribution in [0.3, 0.4) is 0 Å². The summed E-state index contributed by atoms with van der Waals surface area (Å²) in [5.41, 5.74) is 25.8. The average molecular weight is 2020 g/mol. The first kappa shape index (κ1) is 112. The molecule has 5 amide bonds. The minimum Gasteiger partial charge on any atom is -0.444 e. The van der Waals surface area contributed by atoms with E-state index in [1.165, 1.54) is 12.1 Å². The number of anilines is 7. The van der Waals surface area contributed by atoms with Crippen molar-refractivity contribution in [2.75, 3.05) is 32.3 Å². The number of pyridine rings is 7. The van der Waals surface area contributed by atoms with E-state index in [4.69, 9.17) is 116 Å². The number of nitrogen functional groups attached to an aromatic ring is 1. The lowest BCUT2D eigenvalue weighted by molar-refractivity contribution is 0.0475. The van der Waals surface area contributed by atoms with Crippen molar-refractivity contribution in [2.24, 2.45) is 17.2 Å². The summed E-state index contributed by atoms with van der Waals surface area (Å²) in [7, 11) is 0. The van der Waals surface area contributed by atoms with Gasteiger partial charge in [0.1, 0.15) is 102 Å². The molecule has 0 saturated heterocycles. The van der Waals surface area contributed by atoms with Gasteiger partial charge in [-0.3, -0.25) is 14.8 Å². The van der Waals surface area contributed by atoms with Crippen LogP contribution in [0, 0.1) is 45.3 Å². The van der Waals surface area contributed by atoms with E-state index in [0.29, 0.717) is 84.7 Å². The van der Waals surface area contributed by atoms with E-state index in [1.54, 1.807) is 116 Å². The smallest absolute Gasteiger partial charge is 0.407 e. The number of ether oxygens (including phenoxy) is 4. The molecule has 9 heterocycles. The van der Waals surface area contributed by atoms with Gasteiger partial charge < -0.3 is 89.7 Å². The number of primary amides is 1. The predicted molar refractivity (Wildman–Crippen MR) is 542 cm³/mol. The molecule has 42 heteroatoms. The molecular weight excluding hydrogens is 1890 g/mol. The Morgan fingerprint density at radius 2 is 0.700 bits per heavy atom. The summed E-state index contributed by atoms with van der Waals surface area (Å²) in [6, 6.07) is 31.8. The maximum Gasteiger partial charge on any atom is 0.407 e. The summed E-state index contributed by atoms with van der Waals surface area (Å²) in [4.78, 5) is 105. The van der Waals surface area contributed by atoms with Crippen molar-refractivity contribution in [1.29, 1.82) is 21.0 Å². The summed E-state index contributed by atoms with van der Waals surface area (Å²) >= 11 is 28.9. The van der Waals surface area contributed by atoms with Gasteiger partial charge in [-0.25, -0.2) is 64.0 Å². The molecular formula is C98H125Cl5N28O9. The van der Waals surface area contributed by atoms with Gasteiger partial charge in [0.2, 0.25) is 0 Å². The van der Waals surface area contributed by atoms with Crippen molar-refractivity contribution >= 4 is 129 Å².